The van der Waals surface area contributed by atoms with Crippen molar-refractivity contribution in [2.45, 2.75) is 19.8 Å². The highest BCUT2D eigenvalue weighted by Crippen LogP contribution is 2.55. The third kappa shape index (κ3) is 6.63. The molecule has 3 rings (SSSR count). The first-order chi connectivity index (χ1) is 14.4. The zero-order valence-corrected chi connectivity index (χ0v) is 19.1. The van der Waals surface area contributed by atoms with E-state index in [1.807, 2.05) is 0 Å². The molecule has 0 fully saturated rings. The van der Waals surface area contributed by atoms with Crippen LogP contribution in [0.25, 0.3) is 0 Å². The molecular formula is C25H29O3PS. The molecule has 0 aliphatic heterocycles. The fraction of sp³-hybridized carbons (Fsp3) is 0.200. The van der Waals surface area contributed by atoms with Crippen LogP contribution in [0.5, 0.6) is 0 Å². The highest BCUT2D eigenvalue weighted by molar-refractivity contribution is 7.95. The molecule has 0 atom stereocenters. The van der Waals surface area contributed by atoms with Gasteiger partial charge in [-0.2, -0.15) is 0 Å². The van der Waals surface area contributed by atoms with Crippen LogP contribution in [-0.4, -0.2) is 24.9 Å². The molecule has 0 saturated heterocycles. The average molecular weight is 441 g/mol. The van der Waals surface area contributed by atoms with Gasteiger partial charge in [0.1, 0.15) is 23.2 Å². The second-order valence-electron chi connectivity index (χ2n) is 6.91. The van der Waals surface area contributed by atoms with Crippen LogP contribution in [0.1, 0.15) is 19.8 Å². The summed E-state index contributed by atoms with van der Waals surface area (Å²) in [6.45, 7) is 5.35. The molecule has 0 radical (unpaired) electrons. The van der Waals surface area contributed by atoms with Crippen molar-refractivity contribution in [3.8, 4) is 0 Å². The molecule has 0 aromatic heterocycles. The van der Waals surface area contributed by atoms with Gasteiger partial charge in [0, 0.05) is 0 Å². The summed E-state index contributed by atoms with van der Waals surface area (Å²) in [5.41, 5.74) is 0. The first kappa shape index (κ1) is 24.0. The molecule has 3 aromatic rings. The number of benzene rings is 3. The van der Waals surface area contributed by atoms with Crippen molar-refractivity contribution in [2.24, 2.45) is 0 Å². The Bertz CT molecular complexity index is 892. The zero-order valence-electron chi connectivity index (χ0n) is 17.4. The summed E-state index contributed by atoms with van der Waals surface area (Å²) >= 11 is 0. The maximum Gasteiger partial charge on any atom is 0.112 e. The molecule has 30 heavy (non-hydrogen) atoms. The lowest BCUT2D eigenvalue weighted by Gasteiger charge is -2.27. The molecule has 0 unspecified atom stereocenters. The van der Waals surface area contributed by atoms with Crippen LogP contribution in [-0.2, 0) is 10.1 Å². The number of hydrogen-bond donors (Lipinski definition) is 0. The fourth-order valence-electron chi connectivity index (χ4n) is 3.42. The van der Waals surface area contributed by atoms with Crippen LogP contribution in [0, 0.1) is 0 Å². The SMILES string of the molecule is C=CCS(=O)(=O)[O-].CCCC[P+](c1ccccc1)(c1ccccc1)c1ccccc1. The molecule has 158 valence electrons. The lowest BCUT2D eigenvalue weighted by Crippen LogP contribution is -2.33. The summed E-state index contributed by atoms with van der Waals surface area (Å²) < 4.78 is 28.8. The van der Waals surface area contributed by atoms with Gasteiger partial charge in [-0.25, -0.2) is 8.42 Å². The van der Waals surface area contributed by atoms with E-state index < -0.39 is 23.1 Å². The molecule has 5 heteroatoms. The Kier molecular flexibility index (Phi) is 9.45. The minimum absolute atomic E-state index is 0.479. The van der Waals surface area contributed by atoms with Gasteiger partial charge in [-0.15, -0.1) is 6.58 Å². The highest BCUT2D eigenvalue weighted by Gasteiger charge is 2.44. The van der Waals surface area contributed by atoms with Gasteiger partial charge in [0.25, 0.3) is 0 Å². The van der Waals surface area contributed by atoms with E-state index in [2.05, 4.69) is 104 Å². The lowest BCUT2D eigenvalue weighted by molar-refractivity contribution is 0.466. The van der Waals surface area contributed by atoms with E-state index in [1.165, 1.54) is 34.9 Å². The van der Waals surface area contributed by atoms with E-state index in [9.17, 15) is 13.0 Å². The van der Waals surface area contributed by atoms with Gasteiger partial charge >= 0.3 is 0 Å². The third-order valence-electron chi connectivity index (χ3n) is 4.76. The van der Waals surface area contributed by atoms with Crippen molar-refractivity contribution in [3.63, 3.8) is 0 Å². The molecule has 0 heterocycles. The van der Waals surface area contributed by atoms with E-state index in [0.29, 0.717) is 0 Å². The van der Waals surface area contributed by atoms with E-state index in [1.54, 1.807) is 0 Å². The average Bonchev–Trinajstić information content (AvgIpc) is 2.76. The largest absolute Gasteiger partial charge is 0.748 e. The van der Waals surface area contributed by atoms with Crippen molar-refractivity contribution in [1.82, 2.24) is 0 Å². The molecule has 0 aliphatic rings. The summed E-state index contributed by atoms with van der Waals surface area (Å²) in [5.74, 6) is -0.479. The first-order valence-corrected chi connectivity index (χ1v) is 13.6. The summed E-state index contributed by atoms with van der Waals surface area (Å²) in [7, 11) is -5.61. The molecule has 0 N–H and O–H groups in total. The Labute approximate surface area is 181 Å². The van der Waals surface area contributed by atoms with Gasteiger partial charge in [-0.1, -0.05) is 74.0 Å². The van der Waals surface area contributed by atoms with E-state index in [-0.39, 0.29) is 0 Å². The van der Waals surface area contributed by atoms with Crippen molar-refractivity contribution in [1.29, 1.82) is 0 Å². The predicted octanol–water partition coefficient (Wildman–Crippen LogP) is 4.50. The Morgan fingerprint density at radius 3 is 1.40 bits per heavy atom. The van der Waals surface area contributed by atoms with E-state index in [0.717, 1.165) is 6.08 Å². The number of unbranched alkanes of at least 4 members (excludes halogenated alkanes) is 1. The van der Waals surface area contributed by atoms with Gasteiger partial charge in [0.2, 0.25) is 0 Å². The van der Waals surface area contributed by atoms with Crippen molar-refractivity contribution < 1.29 is 13.0 Å². The van der Waals surface area contributed by atoms with E-state index in [4.69, 9.17) is 0 Å². The Balaban J connectivity index is 0.000000396. The maximum absolute atomic E-state index is 9.60. The predicted molar refractivity (Wildman–Crippen MR) is 130 cm³/mol. The maximum atomic E-state index is 9.60. The monoisotopic (exact) mass is 440 g/mol. The Morgan fingerprint density at radius 2 is 1.17 bits per heavy atom. The molecule has 0 bridgehead atoms. The fourth-order valence-corrected chi connectivity index (χ4v) is 8.21. The minimum Gasteiger partial charge on any atom is -0.748 e. The van der Waals surface area contributed by atoms with Crippen LogP contribution in [0.4, 0.5) is 0 Å². The number of hydrogen-bond acceptors (Lipinski definition) is 3. The summed E-state index contributed by atoms with van der Waals surface area (Å²) in [5, 5.41) is 4.47. The van der Waals surface area contributed by atoms with Gasteiger partial charge < -0.3 is 4.55 Å². The van der Waals surface area contributed by atoms with Crippen LogP contribution >= 0.6 is 7.26 Å². The summed E-state index contributed by atoms with van der Waals surface area (Å²) in [6.07, 6.45) is 4.78. The minimum atomic E-state index is -4.04. The highest BCUT2D eigenvalue weighted by atomic mass is 32.2. The molecule has 3 aromatic carbocycles. The van der Waals surface area contributed by atoms with Gasteiger partial charge in [-0.05, 0) is 42.8 Å². The molecule has 0 aliphatic carbocycles. The Morgan fingerprint density at radius 1 is 0.800 bits per heavy atom. The normalized spacial score (nSPS) is 11.3. The van der Waals surface area contributed by atoms with Crippen molar-refractivity contribution in [2.75, 3.05) is 11.9 Å². The quantitative estimate of drug-likeness (QED) is 0.294. The number of rotatable bonds is 8. The van der Waals surface area contributed by atoms with Crippen molar-refractivity contribution >= 4 is 33.3 Å². The molecule has 0 amide bonds. The second kappa shape index (κ2) is 11.8. The standard InChI is InChI=1S/C22H24P.C3H6O3S/c1-2-3-19-23(20-13-7-4-8-14-20,21-15-9-5-10-16-21)22-17-11-6-12-18-22;1-2-3-7(4,5)6/h4-18H,2-3,19H2,1H3;2H,1,3H2,(H,4,5,6)/q+1;/p-1. The molecule has 0 spiro atoms. The second-order valence-corrected chi connectivity index (χ2v) is 12.0. The molecule has 3 nitrogen and oxygen atoms in total. The Hall–Kier alpha value is -2.26. The smallest absolute Gasteiger partial charge is 0.112 e. The van der Waals surface area contributed by atoms with Crippen LogP contribution in [0.2, 0.25) is 0 Å². The van der Waals surface area contributed by atoms with Crippen molar-refractivity contribution in [3.05, 3.63) is 104 Å². The van der Waals surface area contributed by atoms with Crippen LogP contribution in [0.3, 0.4) is 0 Å². The summed E-state index contributed by atoms with van der Waals surface area (Å²) in [4.78, 5) is 0. The van der Waals surface area contributed by atoms with Gasteiger partial charge in [0.05, 0.1) is 22.0 Å². The van der Waals surface area contributed by atoms with E-state index >= 15 is 0 Å². The summed E-state index contributed by atoms with van der Waals surface area (Å²) in [6, 6.07) is 33.4. The topological polar surface area (TPSA) is 57.2 Å². The first-order valence-electron chi connectivity index (χ1n) is 10.0. The third-order valence-corrected chi connectivity index (χ3v) is 9.93. The van der Waals surface area contributed by atoms with Gasteiger partial charge in [0.15, 0.2) is 0 Å². The van der Waals surface area contributed by atoms with Crippen LogP contribution < -0.4 is 15.9 Å². The van der Waals surface area contributed by atoms with Crippen LogP contribution in [0.15, 0.2) is 104 Å². The molecule has 0 saturated carbocycles. The van der Waals surface area contributed by atoms with Gasteiger partial charge in [-0.3, -0.25) is 0 Å². The molecular weight excluding hydrogens is 411 g/mol. The lowest BCUT2D eigenvalue weighted by atomic mass is 10.3. The zero-order chi connectivity index (χ0) is 21.9.